The molecule has 0 heterocycles. The van der Waals surface area contributed by atoms with E-state index in [1.807, 2.05) is 0 Å². The molecule has 10 heteroatoms. The van der Waals surface area contributed by atoms with Gasteiger partial charge in [0.15, 0.2) is 0 Å². The molecule has 0 fully saturated rings. The number of rotatable bonds is 2. The molecule has 0 amide bonds. The summed E-state index contributed by atoms with van der Waals surface area (Å²) in [6, 6.07) is 0. The Morgan fingerprint density at radius 1 is 1.00 bits per heavy atom. The van der Waals surface area contributed by atoms with Crippen LogP contribution in [0.4, 0.5) is 0 Å². The molecule has 0 bridgehead atoms. The Morgan fingerprint density at radius 3 is 1.20 bits per heavy atom. The minimum Gasteiger partial charge on any atom is -1.00 e. The molecule has 0 aromatic carbocycles. The molecule has 0 aliphatic carbocycles. The standard InChI is InChI=1S/Li.H2O7S2.H/c;1-8(2,3)7-9(4,5)6;/h;(H,1,2,3)(H,4,5,6);/q+1;;-1. The topological polar surface area (TPSA) is 118 Å². The average Bonchev–Trinajstić information content (AvgIpc) is 1.14. The van der Waals surface area contributed by atoms with Gasteiger partial charge in [0.05, 0.1) is 0 Å². The Morgan fingerprint density at radius 2 is 1.20 bits per heavy atom. The first-order valence-electron chi connectivity index (χ1n) is 1.37. The summed E-state index contributed by atoms with van der Waals surface area (Å²) in [4.78, 5) is 0. The van der Waals surface area contributed by atoms with Crippen LogP contribution in [0.25, 0.3) is 0 Å². The van der Waals surface area contributed by atoms with E-state index in [9.17, 15) is 16.8 Å². The van der Waals surface area contributed by atoms with Gasteiger partial charge < -0.3 is 1.43 Å². The summed E-state index contributed by atoms with van der Waals surface area (Å²) in [5.41, 5.74) is 0. The molecule has 7 nitrogen and oxygen atoms in total. The maximum atomic E-state index is 9.44. The van der Waals surface area contributed by atoms with Gasteiger partial charge in [-0.2, -0.15) is 16.8 Å². The Bertz CT molecular complexity index is 242. The van der Waals surface area contributed by atoms with Crippen molar-refractivity contribution in [2.45, 2.75) is 0 Å². The molecule has 0 aliphatic heterocycles. The summed E-state index contributed by atoms with van der Waals surface area (Å²) in [7, 11) is -10.2. The van der Waals surface area contributed by atoms with E-state index >= 15 is 0 Å². The smallest absolute Gasteiger partial charge is 1.00 e. The molecule has 0 aromatic rings. The Kier molecular flexibility index (Phi) is 4.78. The van der Waals surface area contributed by atoms with E-state index < -0.39 is 20.8 Å². The van der Waals surface area contributed by atoms with Crippen molar-refractivity contribution in [1.29, 1.82) is 0 Å². The first-order chi connectivity index (χ1) is 3.71. The van der Waals surface area contributed by atoms with Crippen molar-refractivity contribution < 1.29 is 49.9 Å². The molecular formula is H3LiO7S2. The van der Waals surface area contributed by atoms with E-state index in [1.165, 1.54) is 0 Å². The summed E-state index contributed by atoms with van der Waals surface area (Å²) in [5.74, 6) is 0. The number of hydrogen-bond donors (Lipinski definition) is 2. The Balaban J connectivity index is -0.000000320. The second-order valence-corrected chi connectivity index (χ2v) is 3.18. The van der Waals surface area contributed by atoms with Crippen molar-refractivity contribution in [1.82, 2.24) is 0 Å². The van der Waals surface area contributed by atoms with Crippen LogP contribution in [0, 0.1) is 0 Å². The minimum atomic E-state index is -5.12. The molecule has 0 unspecified atom stereocenters. The van der Waals surface area contributed by atoms with Gasteiger partial charge in [0, 0.05) is 0 Å². The zero-order valence-corrected chi connectivity index (χ0v) is 6.39. The third-order valence-corrected chi connectivity index (χ3v) is 1.55. The zero-order chi connectivity index (χ0) is 7.71. The minimum absolute atomic E-state index is 0. The van der Waals surface area contributed by atoms with Crippen molar-refractivity contribution >= 4 is 20.8 Å². The van der Waals surface area contributed by atoms with Crippen molar-refractivity contribution in [3.63, 3.8) is 0 Å². The molecule has 0 atom stereocenters. The third-order valence-electron chi connectivity index (χ3n) is 0.172. The Hall–Kier alpha value is 0.377. The van der Waals surface area contributed by atoms with Gasteiger partial charge in [-0.05, 0) is 0 Å². The summed E-state index contributed by atoms with van der Waals surface area (Å²) >= 11 is 0. The molecule has 58 valence electrons. The van der Waals surface area contributed by atoms with Crippen molar-refractivity contribution in [2.75, 3.05) is 0 Å². The summed E-state index contributed by atoms with van der Waals surface area (Å²) in [6.07, 6.45) is 0. The van der Waals surface area contributed by atoms with Gasteiger partial charge in [-0.15, -0.1) is 3.63 Å². The molecule has 2 N–H and O–H groups in total. The fraction of sp³-hybridized carbons (Fsp3) is 0. The van der Waals surface area contributed by atoms with E-state index in [-0.39, 0.29) is 20.3 Å². The first kappa shape index (κ1) is 13.0. The predicted octanol–water partition coefficient (Wildman–Crippen LogP) is -4.27. The van der Waals surface area contributed by atoms with E-state index in [1.54, 1.807) is 0 Å². The fourth-order valence-corrected chi connectivity index (χ4v) is 0.978. The van der Waals surface area contributed by atoms with Gasteiger partial charge in [-0.3, -0.25) is 9.11 Å². The van der Waals surface area contributed by atoms with Crippen LogP contribution in [-0.2, 0) is 24.4 Å². The van der Waals surface area contributed by atoms with Crippen molar-refractivity contribution in [3.8, 4) is 0 Å². The van der Waals surface area contributed by atoms with Crippen LogP contribution in [0.5, 0.6) is 0 Å². The average molecular weight is 186 g/mol. The molecule has 0 radical (unpaired) electrons. The van der Waals surface area contributed by atoms with Gasteiger partial charge >= 0.3 is 39.7 Å². The first-order valence-corrected chi connectivity index (χ1v) is 4.10. The SMILES string of the molecule is O=S(=O)(O)OS(=O)(=O)O.[H-].[Li+]. The fourth-order valence-electron chi connectivity index (χ4n) is 0.109. The molecule has 0 aromatic heterocycles. The van der Waals surface area contributed by atoms with E-state index in [0.717, 1.165) is 0 Å². The van der Waals surface area contributed by atoms with Crippen LogP contribution in [0.15, 0.2) is 0 Å². The molecule has 0 spiro atoms. The zero-order valence-electron chi connectivity index (χ0n) is 5.75. The van der Waals surface area contributed by atoms with Gasteiger partial charge in [-0.25, -0.2) is 0 Å². The molecule has 0 rings (SSSR count). The van der Waals surface area contributed by atoms with Crippen molar-refractivity contribution in [3.05, 3.63) is 0 Å². The van der Waals surface area contributed by atoms with Gasteiger partial charge in [0.25, 0.3) is 0 Å². The maximum Gasteiger partial charge on any atom is 1.00 e. The van der Waals surface area contributed by atoms with E-state index in [0.29, 0.717) is 0 Å². The number of hydrogen-bond acceptors (Lipinski definition) is 5. The maximum absolute atomic E-state index is 9.44. The molecule has 0 saturated heterocycles. The van der Waals surface area contributed by atoms with Crippen LogP contribution in [-0.4, -0.2) is 25.9 Å². The monoisotopic (exact) mass is 186 g/mol. The summed E-state index contributed by atoms with van der Waals surface area (Å²) in [6.45, 7) is 0. The van der Waals surface area contributed by atoms with Gasteiger partial charge in [0.2, 0.25) is 0 Å². The third kappa shape index (κ3) is 11.2. The summed E-state index contributed by atoms with van der Waals surface area (Å²) in [5, 5.41) is 0. The van der Waals surface area contributed by atoms with Gasteiger partial charge in [0.1, 0.15) is 0 Å². The molecular weight excluding hydrogens is 183 g/mol. The van der Waals surface area contributed by atoms with E-state index in [2.05, 4.69) is 3.63 Å². The van der Waals surface area contributed by atoms with Gasteiger partial charge in [-0.1, -0.05) is 0 Å². The van der Waals surface area contributed by atoms with Crippen LogP contribution in [0.1, 0.15) is 1.43 Å². The summed E-state index contributed by atoms with van der Waals surface area (Å²) < 4.78 is 55.6. The quantitative estimate of drug-likeness (QED) is 0.331. The molecule has 0 aliphatic rings. The van der Waals surface area contributed by atoms with Crippen LogP contribution >= 0.6 is 0 Å². The van der Waals surface area contributed by atoms with Crippen LogP contribution in [0.3, 0.4) is 0 Å². The molecule has 10 heavy (non-hydrogen) atoms. The second-order valence-electron chi connectivity index (χ2n) is 0.924. The van der Waals surface area contributed by atoms with Crippen molar-refractivity contribution in [2.24, 2.45) is 0 Å². The normalized spacial score (nSPS) is 12.2. The van der Waals surface area contributed by atoms with Crippen LogP contribution in [0.2, 0.25) is 0 Å². The Labute approximate surface area is 70.9 Å². The second kappa shape index (κ2) is 3.68. The predicted molar refractivity (Wildman–Crippen MR) is 25.3 cm³/mol. The largest absolute Gasteiger partial charge is 1.00 e. The molecule has 0 saturated carbocycles. The van der Waals surface area contributed by atoms with E-state index in [4.69, 9.17) is 9.11 Å². The van der Waals surface area contributed by atoms with Crippen LogP contribution < -0.4 is 18.9 Å².